The minimum absolute atomic E-state index is 0.0685. The number of hydrogen-bond acceptors (Lipinski definition) is 6. The maximum absolute atomic E-state index is 12.2. The lowest BCUT2D eigenvalue weighted by molar-refractivity contribution is -0.122. The van der Waals surface area contributed by atoms with Gasteiger partial charge in [-0.2, -0.15) is 0 Å². The summed E-state index contributed by atoms with van der Waals surface area (Å²) in [6, 6.07) is 3.69. The summed E-state index contributed by atoms with van der Waals surface area (Å²) in [5.41, 5.74) is 0. The van der Waals surface area contributed by atoms with Crippen molar-refractivity contribution in [1.82, 2.24) is 15.2 Å². The second kappa shape index (κ2) is 7.04. The van der Waals surface area contributed by atoms with Gasteiger partial charge in [-0.05, 0) is 18.1 Å². The third-order valence-corrected chi connectivity index (χ3v) is 5.61. The number of fused-ring (bicyclic) bond motifs is 1. The first-order valence-corrected chi connectivity index (χ1v) is 9.17. The van der Waals surface area contributed by atoms with Gasteiger partial charge in [0.1, 0.15) is 10.8 Å². The molecule has 0 aliphatic carbocycles. The van der Waals surface area contributed by atoms with Crippen LogP contribution in [0.5, 0.6) is 0 Å². The Labute approximate surface area is 144 Å². The number of aromatic nitrogens is 1. The molecule has 2 aliphatic heterocycles. The van der Waals surface area contributed by atoms with E-state index in [4.69, 9.17) is 9.15 Å². The molecule has 0 radical (unpaired) electrons. The molecule has 0 bridgehead atoms. The van der Waals surface area contributed by atoms with E-state index in [2.05, 4.69) is 15.2 Å². The molecule has 1 N–H and O–H groups in total. The molecule has 2 aromatic rings. The van der Waals surface area contributed by atoms with Crippen LogP contribution in [-0.2, 0) is 22.6 Å². The number of nitrogens with zero attached hydrogens (tertiary/aromatic N) is 2. The SMILES string of the molecule is O=C(C[C@@H]1CO[C@H]2CN(Cc3nccs3)C[C@@H]12)NCc1ccco1. The van der Waals surface area contributed by atoms with Gasteiger partial charge in [0, 0.05) is 37.0 Å². The number of ether oxygens (including phenoxy) is 1. The van der Waals surface area contributed by atoms with E-state index in [-0.39, 0.29) is 12.0 Å². The van der Waals surface area contributed by atoms with Crippen molar-refractivity contribution in [2.24, 2.45) is 11.8 Å². The number of carbonyl (C=O) groups excluding carboxylic acids is 1. The van der Waals surface area contributed by atoms with E-state index in [0.717, 1.165) is 30.4 Å². The number of amides is 1. The van der Waals surface area contributed by atoms with E-state index in [9.17, 15) is 4.79 Å². The fraction of sp³-hybridized carbons (Fsp3) is 0.529. The monoisotopic (exact) mass is 347 g/mol. The highest BCUT2D eigenvalue weighted by Crippen LogP contribution is 2.36. The highest BCUT2D eigenvalue weighted by Gasteiger charge is 2.44. The minimum atomic E-state index is 0.0685. The maximum atomic E-state index is 12.2. The molecular weight excluding hydrogens is 326 g/mol. The Morgan fingerprint density at radius 3 is 3.21 bits per heavy atom. The summed E-state index contributed by atoms with van der Waals surface area (Å²) < 4.78 is 11.2. The molecule has 0 aromatic carbocycles. The van der Waals surface area contributed by atoms with Crippen molar-refractivity contribution in [2.75, 3.05) is 19.7 Å². The van der Waals surface area contributed by atoms with E-state index >= 15 is 0 Å². The standard InChI is InChI=1S/C17H21N3O3S/c21-16(19-7-13-2-1-4-22-13)6-12-11-23-15-9-20(8-14(12)15)10-17-18-3-5-24-17/h1-5,12,14-15H,6-11H2,(H,19,21)/t12-,14+,15+/m1/s1. The molecule has 2 aliphatic rings. The van der Waals surface area contributed by atoms with Crippen molar-refractivity contribution in [1.29, 1.82) is 0 Å². The van der Waals surface area contributed by atoms with Gasteiger partial charge < -0.3 is 14.5 Å². The fourth-order valence-electron chi connectivity index (χ4n) is 3.65. The first-order valence-electron chi connectivity index (χ1n) is 8.29. The minimum Gasteiger partial charge on any atom is -0.467 e. The Hall–Kier alpha value is -1.70. The third-order valence-electron chi connectivity index (χ3n) is 4.84. The Balaban J connectivity index is 1.27. The largest absolute Gasteiger partial charge is 0.467 e. The number of rotatable bonds is 6. The van der Waals surface area contributed by atoms with E-state index in [1.165, 1.54) is 0 Å². The van der Waals surface area contributed by atoms with Crippen LogP contribution in [0.3, 0.4) is 0 Å². The van der Waals surface area contributed by atoms with Crippen LogP contribution in [0.1, 0.15) is 17.2 Å². The Morgan fingerprint density at radius 2 is 2.42 bits per heavy atom. The Bertz CT molecular complexity index is 659. The Kier molecular flexibility index (Phi) is 4.64. The lowest BCUT2D eigenvalue weighted by atomic mass is 9.90. The number of furan rings is 1. The van der Waals surface area contributed by atoms with Gasteiger partial charge >= 0.3 is 0 Å². The number of nitrogens with one attached hydrogen (secondary N) is 1. The fourth-order valence-corrected chi connectivity index (χ4v) is 4.31. The van der Waals surface area contributed by atoms with Crippen LogP contribution in [0.2, 0.25) is 0 Å². The third kappa shape index (κ3) is 3.53. The van der Waals surface area contributed by atoms with Gasteiger partial charge in [0.2, 0.25) is 5.91 Å². The lowest BCUT2D eigenvalue weighted by Gasteiger charge is -2.18. The normalized spacial score (nSPS) is 26.6. The molecule has 2 fully saturated rings. The van der Waals surface area contributed by atoms with Crippen molar-refractivity contribution >= 4 is 17.2 Å². The van der Waals surface area contributed by atoms with Crippen molar-refractivity contribution in [2.45, 2.75) is 25.6 Å². The molecule has 2 aromatic heterocycles. The van der Waals surface area contributed by atoms with Gasteiger partial charge in [-0.3, -0.25) is 9.69 Å². The highest BCUT2D eigenvalue weighted by molar-refractivity contribution is 7.09. The molecule has 7 heteroatoms. The van der Waals surface area contributed by atoms with E-state index < -0.39 is 0 Å². The predicted octanol–water partition coefficient (Wildman–Crippen LogP) is 1.89. The summed E-state index contributed by atoms with van der Waals surface area (Å²) in [5.74, 6) is 1.59. The summed E-state index contributed by atoms with van der Waals surface area (Å²) in [4.78, 5) is 18.9. The molecule has 24 heavy (non-hydrogen) atoms. The predicted molar refractivity (Wildman–Crippen MR) is 89.3 cm³/mol. The van der Waals surface area contributed by atoms with Crippen molar-refractivity contribution in [3.05, 3.63) is 40.7 Å². The van der Waals surface area contributed by atoms with Gasteiger partial charge in [0.25, 0.3) is 0 Å². The second-order valence-corrected chi connectivity index (χ2v) is 7.45. The van der Waals surface area contributed by atoms with Gasteiger partial charge in [-0.1, -0.05) is 0 Å². The maximum Gasteiger partial charge on any atom is 0.220 e. The zero-order chi connectivity index (χ0) is 16.4. The molecule has 0 saturated carbocycles. The van der Waals surface area contributed by atoms with Crippen molar-refractivity contribution in [3.63, 3.8) is 0 Å². The van der Waals surface area contributed by atoms with Crippen LogP contribution in [0.4, 0.5) is 0 Å². The molecule has 6 nitrogen and oxygen atoms in total. The van der Waals surface area contributed by atoms with Crippen LogP contribution in [-0.4, -0.2) is 41.6 Å². The molecule has 3 atom stereocenters. The van der Waals surface area contributed by atoms with Crippen molar-refractivity contribution in [3.8, 4) is 0 Å². The zero-order valence-electron chi connectivity index (χ0n) is 13.4. The molecule has 0 unspecified atom stereocenters. The molecular formula is C17H21N3O3S. The van der Waals surface area contributed by atoms with Crippen LogP contribution >= 0.6 is 11.3 Å². The molecule has 2 saturated heterocycles. The summed E-state index contributed by atoms with van der Waals surface area (Å²) in [6.45, 7) is 3.94. The average Bonchev–Trinajstić information content (AvgIpc) is 3.32. The highest BCUT2D eigenvalue weighted by atomic mass is 32.1. The molecule has 4 rings (SSSR count). The summed E-state index contributed by atoms with van der Waals surface area (Å²) >= 11 is 1.69. The first kappa shape index (κ1) is 15.8. The molecule has 0 spiro atoms. The number of thiazole rings is 1. The quantitative estimate of drug-likeness (QED) is 0.864. The number of carbonyl (C=O) groups is 1. The number of hydrogen-bond donors (Lipinski definition) is 1. The summed E-state index contributed by atoms with van der Waals surface area (Å²) in [5, 5.41) is 6.08. The topological polar surface area (TPSA) is 67.6 Å². The zero-order valence-corrected chi connectivity index (χ0v) is 14.2. The van der Waals surface area contributed by atoms with Crippen LogP contribution in [0.25, 0.3) is 0 Å². The lowest BCUT2D eigenvalue weighted by Crippen LogP contribution is -2.29. The van der Waals surface area contributed by atoms with Gasteiger partial charge in [-0.15, -0.1) is 11.3 Å². The average molecular weight is 347 g/mol. The first-order chi connectivity index (χ1) is 11.8. The van der Waals surface area contributed by atoms with Gasteiger partial charge in [-0.25, -0.2) is 4.98 Å². The van der Waals surface area contributed by atoms with Crippen LogP contribution < -0.4 is 5.32 Å². The molecule has 1 amide bonds. The summed E-state index contributed by atoms with van der Waals surface area (Å²) in [6.07, 6.45) is 4.24. The molecule has 128 valence electrons. The van der Waals surface area contributed by atoms with Gasteiger partial charge in [0.05, 0.1) is 32.1 Å². The second-order valence-electron chi connectivity index (χ2n) is 6.48. The van der Waals surface area contributed by atoms with Crippen molar-refractivity contribution < 1.29 is 13.9 Å². The van der Waals surface area contributed by atoms with Gasteiger partial charge in [0.15, 0.2) is 0 Å². The molecule has 4 heterocycles. The van der Waals surface area contributed by atoms with E-state index in [1.807, 2.05) is 23.7 Å². The summed E-state index contributed by atoms with van der Waals surface area (Å²) in [7, 11) is 0. The Morgan fingerprint density at radius 1 is 1.46 bits per heavy atom. The number of likely N-dealkylation sites (tertiary alicyclic amines) is 1. The van der Waals surface area contributed by atoms with E-state index in [1.54, 1.807) is 17.6 Å². The van der Waals surface area contributed by atoms with Crippen LogP contribution in [0.15, 0.2) is 34.4 Å². The van der Waals surface area contributed by atoms with E-state index in [0.29, 0.717) is 31.4 Å². The van der Waals surface area contributed by atoms with Crippen LogP contribution in [0, 0.1) is 11.8 Å². The smallest absolute Gasteiger partial charge is 0.220 e.